The number of tetrazole rings is 1. The number of H-pyrrole nitrogens is 1. The van der Waals surface area contributed by atoms with Crippen LogP contribution in [0.25, 0.3) is 11.4 Å². The van der Waals surface area contributed by atoms with E-state index in [0.29, 0.717) is 5.82 Å². The second-order valence-electron chi connectivity index (χ2n) is 5.48. The summed E-state index contributed by atoms with van der Waals surface area (Å²) in [5.41, 5.74) is 0.893. The Kier molecular flexibility index (Phi) is 4.59. The van der Waals surface area contributed by atoms with Crippen LogP contribution in [0, 0.1) is 5.92 Å². The van der Waals surface area contributed by atoms with E-state index in [1.807, 2.05) is 44.2 Å². The molecule has 0 radical (unpaired) electrons. The Morgan fingerprint density at radius 1 is 1.33 bits per heavy atom. The van der Waals surface area contributed by atoms with Gasteiger partial charge in [-0.25, -0.2) is 4.68 Å². The lowest BCUT2D eigenvalue weighted by atomic mass is 9.99. The molecule has 2 aromatic heterocycles. The maximum Gasteiger partial charge on any atom is 0.252 e. The summed E-state index contributed by atoms with van der Waals surface area (Å²) in [6, 6.07) is 9.04. The molecular formula is C15H18N8O. The third kappa shape index (κ3) is 3.29. The Balaban J connectivity index is 1.77. The van der Waals surface area contributed by atoms with Gasteiger partial charge in [0, 0.05) is 5.56 Å². The van der Waals surface area contributed by atoms with Gasteiger partial charge in [-0.2, -0.15) is 4.98 Å². The molecule has 1 amide bonds. The van der Waals surface area contributed by atoms with Crippen molar-refractivity contribution in [2.24, 2.45) is 5.92 Å². The number of hydrogen-bond acceptors (Lipinski definition) is 6. The first-order chi connectivity index (χ1) is 11.7. The number of anilines is 1. The number of benzene rings is 1. The van der Waals surface area contributed by atoms with E-state index >= 15 is 0 Å². The van der Waals surface area contributed by atoms with Gasteiger partial charge in [-0.15, -0.1) is 10.2 Å². The van der Waals surface area contributed by atoms with Crippen LogP contribution in [0.1, 0.15) is 26.3 Å². The molecule has 9 heteroatoms. The summed E-state index contributed by atoms with van der Waals surface area (Å²) >= 11 is 0. The zero-order valence-corrected chi connectivity index (χ0v) is 13.4. The van der Waals surface area contributed by atoms with Crippen molar-refractivity contribution in [3.05, 3.63) is 36.7 Å². The molecule has 0 saturated carbocycles. The Morgan fingerprint density at radius 3 is 2.79 bits per heavy atom. The van der Waals surface area contributed by atoms with Gasteiger partial charge >= 0.3 is 0 Å². The van der Waals surface area contributed by atoms with Crippen LogP contribution in [-0.2, 0) is 4.79 Å². The van der Waals surface area contributed by atoms with E-state index in [0.717, 1.165) is 12.0 Å². The number of nitrogens with one attached hydrogen (secondary N) is 2. The van der Waals surface area contributed by atoms with Crippen LogP contribution in [0.15, 0.2) is 36.7 Å². The van der Waals surface area contributed by atoms with Crippen LogP contribution >= 0.6 is 0 Å². The van der Waals surface area contributed by atoms with Crippen LogP contribution in [0.3, 0.4) is 0 Å². The normalized spacial score (nSPS) is 13.4. The molecule has 2 heterocycles. The Morgan fingerprint density at radius 2 is 2.12 bits per heavy atom. The van der Waals surface area contributed by atoms with Crippen molar-refractivity contribution in [2.45, 2.75) is 26.3 Å². The Labute approximate surface area is 138 Å². The molecule has 2 N–H and O–H groups in total. The molecule has 9 nitrogen and oxygen atoms in total. The van der Waals surface area contributed by atoms with E-state index in [9.17, 15) is 4.79 Å². The minimum atomic E-state index is -0.524. The highest BCUT2D eigenvalue weighted by Gasteiger charge is 2.28. The Hall–Kier alpha value is -3.10. The van der Waals surface area contributed by atoms with Crippen molar-refractivity contribution in [2.75, 3.05) is 5.32 Å². The van der Waals surface area contributed by atoms with Gasteiger partial charge < -0.3 is 0 Å². The van der Waals surface area contributed by atoms with Gasteiger partial charge in [0.2, 0.25) is 5.95 Å². The third-order valence-corrected chi connectivity index (χ3v) is 3.87. The number of carbonyl (C=O) groups is 1. The number of nitrogens with zero attached hydrogens (tertiary/aromatic N) is 6. The molecule has 0 aliphatic rings. The summed E-state index contributed by atoms with van der Waals surface area (Å²) in [4.78, 5) is 16.9. The van der Waals surface area contributed by atoms with Crippen molar-refractivity contribution >= 4 is 11.9 Å². The van der Waals surface area contributed by atoms with E-state index in [-0.39, 0.29) is 17.8 Å². The molecule has 0 aliphatic heterocycles. The van der Waals surface area contributed by atoms with Crippen LogP contribution in [0.5, 0.6) is 0 Å². The summed E-state index contributed by atoms with van der Waals surface area (Å²) in [5, 5.41) is 20.7. The van der Waals surface area contributed by atoms with Crippen LogP contribution in [0.4, 0.5) is 5.95 Å². The first kappa shape index (κ1) is 15.8. The zero-order valence-electron chi connectivity index (χ0n) is 13.4. The number of hydrogen-bond donors (Lipinski definition) is 2. The summed E-state index contributed by atoms with van der Waals surface area (Å²) in [6.07, 6.45) is 2.24. The molecule has 3 aromatic rings. The monoisotopic (exact) mass is 326 g/mol. The molecule has 24 heavy (non-hydrogen) atoms. The van der Waals surface area contributed by atoms with Gasteiger partial charge in [-0.1, -0.05) is 50.6 Å². The quantitative estimate of drug-likeness (QED) is 0.712. The standard InChI is InChI=1S/C15H18N8O/c1-3-10(2)12(23-9-16-21-22-23)14(24)18-15-17-13(19-20-15)11-7-5-4-6-8-11/h4-10,12H,3H2,1-2H3,(H2,17,18,19,20,24). The molecular weight excluding hydrogens is 308 g/mol. The van der Waals surface area contributed by atoms with Crippen molar-refractivity contribution in [3.8, 4) is 11.4 Å². The molecule has 0 saturated heterocycles. The highest BCUT2D eigenvalue weighted by Crippen LogP contribution is 2.22. The van der Waals surface area contributed by atoms with Gasteiger partial charge in [-0.05, 0) is 16.3 Å². The fourth-order valence-electron chi connectivity index (χ4n) is 2.39. The molecule has 124 valence electrons. The molecule has 2 unspecified atom stereocenters. The minimum absolute atomic E-state index is 0.0565. The third-order valence-electron chi connectivity index (χ3n) is 3.87. The first-order valence-corrected chi connectivity index (χ1v) is 7.70. The number of rotatable bonds is 6. The topological polar surface area (TPSA) is 114 Å². The molecule has 2 atom stereocenters. The fourth-order valence-corrected chi connectivity index (χ4v) is 2.39. The average Bonchev–Trinajstić information content (AvgIpc) is 3.28. The van der Waals surface area contributed by atoms with Gasteiger partial charge in [-0.3, -0.25) is 15.2 Å². The summed E-state index contributed by atoms with van der Waals surface area (Å²) in [5.74, 6) is 0.616. The van der Waals surface area contributed by atoms with Gasteiger partial charge in [0.05, 0.1) is 0 Å². The lowest BCUT2D eigenvalue weighted by molar-refractivity contribution is -0.121. The average molecular weight is 326 g/mol. The van der Waals surface area contributed by atoms with Gasteiger partial charge in [0.15, 0.2) is 5.82 Å². The van der Waals surface area contributed by atoms with Gasteiger partial charge in [0.25, 0.3) is 5.91 Å². The summed E-state index contributed by atoms with van der Waals surface area (Å²) in [7, 11) is 0. The number of amides is 1. The largest absolute Gasteiger partial charge is 0.291 e. The van der Waals surface area contributed by atoms with Crippen molar-refractivity contribution in [1.82, 2.24) is 35.4 Å². The highest BCUT2D eigenvalue weighted by molar-refractivity contribution is 5.92. The second-order valence-corrected chi connectivity index (χ2v) is 5.48. The first-order valence-electron chi connectivity index (χ1n) is 7.70. The number of aromatic nitrogens is 7. The van der Waals surface area contributed by atoms with E-state index < -0.39 is 6.04 Å². The SMILES string of the molecule is CCC(C)C(C(=O)Nc1n[nH]c(-c2ccccc2)n1)n1cnnn1. The van der Waals surface area contributed by atoms with Crippen LogP contribution < -0.4 is 5.32 Å². The zero-order chi connectivity index (χ0) is 16.9. The maximum absolute atomic E-state index is 12.6. The van der Waals surface area contributed by atoms with E-state index in [1.54, 1.807) is 0 Å². The summed E-state index contributed by atoms with van der Waals surface area (Å²) < 4.78 is 1.45. The van der Waals surface area contributed by atoms with Crippen LogP contribution in [0.2, 0.25) is 0 Å². The minimum Gasteiger partial charge on any atom is -0.291 e. The molecule has 1 aromatic carbocycles. The number of aromatic amines is 1. The predicted molar refractivity (Wildman–Crippen MR) is 86.8 cm³/mol. The van der Waals surface area contributed by atoms with E-state index in [4.69, 9.17) is 0 Å². The highest BCUT2D eigenvalue weighted by atomic mass is 16.2. The van der Waals surface area contributed by atoms with Crippen molar-refractivity contribution in [1.29, 1.82) is 0 Å². The van der Waals surface area contributed by atoms with Gasteiger partial charge in [0.1, 0.15) is 12.4 Å². The van der Waals surface area contributed by atoms with E-state index in [1.165, 1.54) is 11.0 Å². The molecule has 0 aliphatic carbocycles. The van der Waals surface area contributed by atoms with Crippen molar-refractivity contribution < 1.29 is 4.79 Å². The maximum atomic E-state index is 12.6. The lowest BCUT2D eigenvalue weighted by Gasteiger charge is -2.20. The Bertz CT molecular complexity index is 783. The predicted octanol–water partition coefficient (Wildman–Crippen LogP) is 1.68. The molecule has 0 bridgehead atoms. The summed E-state index contributed by atoms with van der Waals surface area (Å²) in [6.45, 7) is 3.98. The molecule has 3 rings (SSSR count). The van der Waals surface area contributed by atoms with Crippen LogP contribution in [-0.4, -0.2) is 41.3 Å². The molecule has 0 spiro atoms. The number of carbonyl (C=O) groups excluding carboxylic acids is 1. The van der Waals surface area contributed by atoms with E-state index in [2.05, 4.69) is 36.0 Å². The fraction of sp³-hybridized carbons (Fsp3) is 0.333. The van der Waals surface area contributed by atoms with Crippen molar-refractivity contribution in [3.63, 3.8) is 0 Å². The smallest absolute Gasteiger partial charge is 0.252 e. The molecule has 0 fully saturated rings. The lowest BCUT2D eigenvalue weighted by Crippen LogP contribution is -2.31. The second kappa shape index (κ2) is 6.99.